The highest BCUT2D eigenvalue weighted by Gasteiger charge is 2.37. The van der Waals surface area contributed by atoms with E-state index in [0.29, 0.717) is 6.04 Å². The molecular formula is C20H31N3O. The minimum atomic E-state index is 0.0418. The number of carbonyl (C=O) groups excluding carboxylic acids is 1. The smallest absolute Gasteiger partial charge is 0.237 e. The monoisotopic (exact) mass is 329 g/mol. The summed E-state index contributed by atoms with van der Waals surface area (Å²) in [6.07, 6.45) is 7.23. The molecule has 0 bridgehead atoms. The first kappa shape index (κ1) is 17.4. The number of hydrogen-bond donors (Lipinski definition) is 2. The van der Waals surface area contributed by atoms with Crippen LogP contribution >= 0.6 is 0 Å². The largest absolute Gasteiger partial charge is 0.355 e. The number of fused-ring (bicyclic) bond motifs is 1. The Kier molecular flexibility index (Phi) is 6.27. The van der Waals surface area contributed by atoms with Gasteiger partial charge in [-0.1, -0.05) is 43.2 Å². The number of nitrogens with one attached hydrogen (secondary N) is 2. The Labute approximate surface area is 146 Å². The number of rotatable bonds is 7. The fraction of sp³-hybridized carbons (Fsp3) is 0.650. The molecule has 1 saturated heterocycles. The van der Waals surface area contributed by atoms with E-state index in [0.717, 1.165) is 38.4 Å². The van der Waals surface area contributed by atoms with Crippen molar-refractivity contribution in [3.8, 4) is 0 Å². The van der Waals surface area contributed by atoms with Gasteiger partial charge in [-0.25, -0.2) is 0 Å². The summed E-state index contributed by atoms with van der Waals surface area (Å²) in [6.45, 7) is 2.73. The third-order valence-corrected chi connectivity index (χ3v) is 5.49. The molecule has 132 valence electrons. The van der Waals surface area contributed by atoms with E-state index in [2.05, 4.69) is 46.8 Å². The van der Waals surface area contributed by atoms with Crippen LogP contribution in [0, 0.1) is 5.92 Å². The van der Waals surface area contributed by atoms with Crippen LogP contribution in [0.5, 0.6) is 0 Å². The van der Waals surface area contributed by atoms with Crippen LogP contribution in [-0.4, -0.2) is 43.0 Å². The topological polar surface area (TPSA) is 44.4 Å². The molecule has 1 heterocycles. The molecule has 3 rings (SSSR count). The summed E-state index contributed by atoms with van der Waals surface area (Å²) in [4.78, 5) is 14.6. The van der Waals surface area contributed by atoms with Crippen LogP contribution < -0.4 is 10.6 Å². The van der Waals surface area contributed by atoms with E-state index in [-0.39, 0.29) is 11.9 Å². The lowest BCUT2D eigenvalue weighted by Gasteiger charge is -2.24. The summed E-state index contributed by atoms with van der Waals surface area (Å²) in [5, 5.41) is 6.68. The van der Waals surface area contributed by atoms with Crippen LogP contribution in [0.1, 0.15) is 44.1 Å². The van der Waals surface area contributed by atoms with Gasteiger partial charge in [-0.05, 0) is 50.8 Å². The summed E-state index contributed by atoms with van der Waals surface area (Å²) in [5.41, 5.74) is 1.33. The highest BCUT2D eigenvalue weighted by Crippen LogP contribution is 2.33. The van der Waals surface area contributed by atoms with Crippen molar-refractivity contribution in [2.75, 3.05) is 20.1 Å². The molecule has 1 aliphatic heterocycles. The first-order valence-electron chi connectivity index (χ1n) is 9.48. The van der Waals surface area contributed by atoms with E-state index in [1.54, 1.807) is 0 Å². The zero-order valence-electron chi connectivity index (χ0n) is 14.8. The third kappa shape index (κ3) is 4.81. The number of nitrogens with zero attached hydrogens (tertiary/aromatic N) is 1. The quantitative estimate of drug-likeness (QED) is 0.756. The molecule has 1 aliphatic carbocycles. The maximum atomic E-state index is 12.3. The van der Waals surface area contributed by atoms with Gasteiger partial charge in [0.05, 0.1) is 6.04 Å². The minimum Gasteiger partial charge on any atom is -0.355 e. The average Bonchev–Trinajstić information content (AvgIpc) is 3.04. The van der Waals surface area contributed by atoms with Gasteiger partial charge in [-0.15, -0.1) is 0 Å². The van der Waals surface area contributed by atoms with E-state index in [1.165, 1.54) is 31.2 Å². The Morgan fingerprint density at radius 3 is 2.83 bits per heavy atom. The second-order valence-corrected chi connectivity index (χ2v) is 7.47. The van der Waals surface area contributed by atoms with Gasteiger partial charge in [0.25, 0.3) is 0 Å². The van der Waals surface area contributed by atoms with E-state index >= 15 is 0 Å². The van der Waals surface area contributed by atoms with Crippen molar-refractivity contribution in [2.45, 2.75) is 57.2 Å². The van der Waals surface area contributed by atoms with Crippen molar-refractivity contribution in [2.24, 2.45) is 5.92 Å². The Bertz CT molecular complexity index is 505. The zero-order chi connectivity index (χ0) is 16.8. The van der Waals surface area contributed by atoms with Crippen molar-refractivity contribution in [1.82, 2.24) is 15.5 Å². The van der Waals surface area contributed by atoms with Crippen LogP contribution in [0.3, 0.4) is 0 Å². The molecule has 1 amide bonds. The molecule has 24 heavy (non-hydrogen) atoms. The van der Waals surface area contributed by atoms with E-state index in [1.807, 2.05) is 6.07 Å². The molecule has 1 saturated carbocycles. The maximum absolute atomic E-state index is 12.3. The highest BCUT2D eigenvalue weighted by atomic mass is 16.2. The average molecular weight is 329 g/mol. The standard InChI is InChI=1S/C20H31N3O/c1-23(15-16-8-3-2-4-9-16)13-7-12-21-20(24)19-14-17-10-5-6-11-18(17)22-19/h2-4,8-9,17-19,22H,5-7,10-15H2,1H3,(H,21,24). The third-order valence-electron chi connectivity index (χ3n) is 5.49. The molecule has 2 aliphatic rings. The zero-order valence-corrected chi connectivity index (χ0v) is 14.8. The van der Waals surface area contributed by atoms with Crippen LogP contribution in [0.4, 0.5) is 0 Å². The second-order valence-electron chi connectivity index (χ2n) is 7.47. The minimum absolute atomic E-state index is 0.0418. The van der Waals surface area contributed by atoms with Gasteiger partial charge >= 0.3 is 0 Å². The summed E-state index contributed by atoms with van der Waals surface area (Å²) >= 11 is 0. The van der Waals surface area contributed by atoms with E-state index in [4.69, 9.17) is 0 Å². The Hall–Kier alpha value is -1.39. The van der Waals surface area contributed by atoms with Crippen molar-refractivity contribution < 1.29 is 4.79 Å². The lowest BCUT2D eigenvalue weighted by Crippen LogP contribution is -2.43. The molecule has 4 nitrogen and oxygen atoms in total. The lowest BCUT2D eigenvalue weighted by atomic mass is 9.85. The molecule has 0 spiro atoms. The Morgan fingerprint density at radius 1 is 1.25 bits per heavy atom. The highest BCUT2D eigenvalue weighted by molar-refractivity contribution is 5.82. The Morgan fingerprint density at radius 2 is 2.04 bits per heavy atom. The molecule has 3 atom stereocenters. The number of hydrogen-bond acceptors (Lipinski definition) is 3. The fourth-order valence-electron chi connectivity index (χ4n) is 4.18. The predicted octanol–water partition coefficient (Wildman–Crippen LogP) is 2.55. The van der Waals surface area contributed by atoms with Crippen molar-refractivity contribution >= 4 is 5.91 Å². The number of benzene rings is 1. The molecule has 0 aromatic heterocycles. The van der Waals surface area contributed by atoms with Crippen molar-refractivity contribution in [3.05, 3.63) is 35.9 Å². The van der Waals surface area contributed by atoms with Gasteiger partial charge in [0, 0.05) is 19.1 Å². The van der Waals surface area contributed by atoms with Crippen molar-refractivity contribution in [1.29, 1.82) is 0 Å². The molecule has 0 radical (unpaired) electrons. The first-order chi connectivity index (χ1) is 11.7. The van der Waals surface area contributed by atoms with Crippen molar-refractivity contribution in [3.63, 3.8) is 0 Å². The molecule has 1 aromatic carbocycles. The maximum Gasteiger partial charge on any atom is 0.237 e. The fourth-order valence-corrected chi connectivity index (χ4v) is 4.18. The summed E-state index contributed by atoms with van der Waals surface area (Å²) < 4.78 is 0. The normalized spacial score (nSPS) is 26.3. The van der Waals surface area contributed by atoms with E-state index < -0.39 is 0 Å². The summed E-state index contributed by atoms with van der Waals surface area (Å²) in [5.74, 6) is 0.932. The van der Waals surface area contributed by atoms with Gasteiger partial charge in [0.2, 0.25) is 5.91 Å². The van der Waals surface area contributed by atoms with E-state index in [9.17, 15) is 4.79 Å². The Balaban J connectivity index is 1.31. The predicted molar refractivity (Wildman–Crippen MR) is 97.7 cm³/mol. The van der Waals surface area contributed by atoms with Crippen LogP contribution in [-0.2, 0) is 11.3 Å². The SMILES string of the molecule is CN(CCCNC(=O)C1CC2CCCCC2N1)Cc1ccccc1. The van der Waals surface area contributed by atoms with Crippen LogP contribution in [0.2, 0.25) is 0 Å². The molecular weight excluding hydrogens is 298 g/mol. The van der Waals surface area contributed by atoms with Gasteiger partial charge in [-0.3, -0.25) is 4.79 Å². The van der Waals surface area contributed by atoms with Gasteiger partial charge in [0.1, 0.15) is 0 Å². The van der Waals surface area contributed by atoms with Gasteiger partial charge in [-0.2, -0.15) is 0 Å². The molecule has 2 fully saturated rings. The summed E-state index contributed by atoms with van der Waals surface area (Å²) in [7, 11) is 2.14. The first-order valence-corrected chi connectivity index (χ1v) is 9.48. The van der Waals surface area contributed by atoms with Gasteiger partial charge in [0.15, 0.2) is 0 Å². The van der Waals surface area contributed by atoms with Crippen LogP contribution in [0.15, 0.2) is 30.3 Å². The van der Waals surface area contributed by atoms with Crippen LogP contribution in [0.25, 0.3) is 0 Å². The second kappa shape index (κ2) is 8.63. The summed E-state index contributed by atoms with van der Waals surface area (Å²) in [6, 6.07) is 11.1. The number of amides is 1. The van der Waals surface area contributed by atoms with Gasteiger partial charge < -0.3 is 15.5 Å². The number of carbonyl (C=O) groups is 1. The molecule has 3 unspecified atom stereocenters. The lowest BCUT2D eigenvalue weighted by molar-refractivity contribution is -0.122. The molecule has 1 aromatic rings. The molecule has 2 N–H and O–H groups in total. The molecule has 4 heteroatoms.